The first-order valence-electron chi connectivity index (χ1n) is 4.87. The molecule has 0 spiro atoms. The number of H-pyrrole nitrogens is 1. The van der Waals surface area contributed by atoms with E-state index in [9.17, 15) is 4.79 Å². The summed E-state index contributed by atoms with van der Waals surface area (Å²) in [6.45, 7) is 0. The molecule has 1 aliphatic carbocycles. The summed E-state index contributed by atoms with van der Waals surface area (Å²) in [4.78, 5) is 15.0. The molecule has 76 valence electrons. The number of nitrogens with one attached hydrogen (secondary N) is 1. The van der Waals surface area contributed by atoms with Gasteiger partial charge in [-0.1, -0.05) is 12.8 Å². The van der Waals surface area contributed by atoms with Crippen LogP contribution in [0.4, 0.5) is 0 Å². The van der Waals surface area contributed by atoms with Crippen LogP contribution in [0.15, 0.2) is 6.33 Å². The lowest BCUT2D eigenvalue weighted by molar-refractivity contribution is -0.143. The summed E-state index contributed by atoms with van der Waals surface area (Å²) in [5, 5.41) is 15.6. The van der Waals surface area contributed by atoms with Crippen LogP contribution in [0.25, 0.3) is 0 Å². The molecular formula is C9H13N3O2. The summed E-state index contributed by atoms with van der Waals surface area (Å²) in [5.74, 6) is -0.274. The lowest BCUT2D eigenvalue weighted by Gasteiger charge is -2.26. The molecule has 2 atom stereocenters. The Bertz CT molecular complexity index is 310. The molecular weight excluding hydrogens is 182 g/mol. The quantitative estimate of drug-likeness (QED) is 0.742. The van der Waals surface area contributed by atoms with Crippen LogP contribution in [-0.2, 0) is 4.79 Å². The largest absolute Gasteiger partial charge is 0.481 e. The van der Waals surface area contributed by atoms with E-state index in [2.05, 4.69) is 15.2 Å². The van der Waals surface area contributed by atoms with Gasteiger partial charge < -0.3 is 5.11 Å². The Hall–Kier alpha value is -1.39. The Morgan fingerprint density at radius 1 is 1.50 bits per heavy atom. The average Bonchev–Trinajstić information content (AvgIpc) is 2.70. The van der Waals surface area contributed by atoms with Crippen molar-refractivity contribution in [2.75, 3.05) is 0 Å². The van der Waals surface area contributed by atoms with E-state index in [-0.39, 0.29) is 11.8 Å². The predicted octanol–water partition coefficient (Wildman–Crippen LogP) is 1.16. The summed E-state index contributed by atoms with van der Waals surface area (Å²) in [5.41, 5.74) is 0. The van der Waals surface area contributed by atoms with Crippen molar-refractivity contribution in [3.63, 3.8) is 0 Å². The Balaban J connectivity index is 2.18. The molecule has 1 aromatic heterocycles. The minimum absolute atomic E-state index is 0.0174. The van der Waals surface area contributed by atoms with Gasteiger partial charge in [0.2, 0.25) is 0 Å². The number of rotatable bonds is 2. The highest BCUT2D eigenvalue weighted by Crippen LogP contribution is 2.35. The molecule has 5 heteroatoms. The van der Waals surface area contributed by atoms with Gasteiger partial charge in [0.1, 0.15) is 12.2 Å². The summed E-state index contributed by atoms with van der Waals surface area (Å²) >= 11 is 0. The van der Waals surface area contributed by atoms with E-state index in [0.717, 1.165) is 31.5 Å². The number of aromatic amines is 1. The highest BCUT2D eigenvalue weighted by atomic mass is 16.4. The van der Waals surface area contributed by atoms with Crippen LogP contribution < -0.4 is 0 Å². The molecule has 2 rings (SSSR count). The zero-order valence-electron chi connectivity index (χ0n) is 7.81. The van der Waals surface area contributed by atoms with Crippen LogP contribution in [0.3, 0.4) is 0 Å². The number of carboxylic acids is 1. The van der Waals surface area contributed by atoms with E-state index in [1.807, 2.05) is 0 Å². The van der Waals surface area contributed by atoms with Gasteiger partial charge in [0, 0.05) is 5.92 Å². The van der Waals surface area contributed by atoms with E-state index < -0.39 is 5.97 Å². The smallest absolute Gasteiger partial charge is 0.307 e. The van der Waals surface area contributed by atoms with Crippen LogP contribution in [0.5, 0.6) is 0 Å². The summed E-state index contributed by atoms with van der Waals surface area (Å²) < 4.78 is 0. The van der Waals surface area contributed by atoms with Gasteiger partial charge in [-0.05, 0) is 12.8 Å². The van der Waals surface area contributed by atoms with Crippen molar-refractivity contribution in [2.45, 2.75) is 31.6 Å². The predicted molar refractivity (Wildman–Crippen MR) is 48.7 cm³/mol. The van der Waals surface area contributed by atoms with Crippen molar-refractivity contribution in [2.24, 2.45) is 5.92 Å². The van der Waals surface area contributed by atoms with Crippen molar-refractivity contribution < 1.29 is 9.90 Å². The van der Waals surface area contributed by atoms with E-state index in [1.165, 1.54) is 6.33 Å². The molecule has 2 N–H and O–H groups in total. The van der Waals surface area contributed by atoms with Gasteiger partial charge in [0.15, 0.2) is 0 Å². The Morgan fingerprint density at radius 3 is 2.93 bits per heavy atom. The van der Waals surface area contributed by atoms with Gasteiger partial charge in [-0.3, -0.25) is 9.89 Å². The summed E-state index contributed by atoms with van der Waals surface area (Å²) in [7, 11) is 0. The lowest BCUT2D eigenvalue weighted by Crippen LogP contribution is -2.26. The molecule has 14 heavy (non-hydrogen) atoms. The highest BCUT2D eigenvalue weighted by molar-refractivity contribution is 5.71. The van der Waals surface area contributed by atoms with Gasteiger partial charge >= 0.3 is 5.97 Å². The second-order valence-electron chi connectivity index (χ2n) is 3.71. The first-order chi connectivity index (χ1) is 6.79. The Morgan fingerprint density at radius 2 is 2.29 bits per heavy atom. The topological polar surface area (TPSA) is 78.9 Å². The van der Waals surface area contributed by atoms with E-state index in [4.69, 9.17) is 5.11 Å². The zero-order valence-corrected chi connectivity index (χ0v) is 7.81. The molecule has 1 saturated carbocycles. The molecule has 0 radical (unpaired) electrons. The molecule has 1 aliphatic rings. The van der Waals surface area contributed by atoms with Gasteiger partial charge in [0.25, 0.3) is 0 Å². The normalized spacial score (nSPS) is 27.4. The SMILES string of the molecule is O=C(O)[C@@H]1CCCC[C@@H]1c1ncn[nH]1. The molecule has 0 bridgehead atoms. The van der Waals surface area contributed by atoms with Gasteiger partial charge in [-0.15, -0.1) is 0 Å². The van der Waals surface area contributed by atoms with Crippen molar-refractivity contribution in [3.05, 3.63) is 12.2 Å². The standard InChI is InChI=1S/C9H13N3O2/c13-9(14)7-4-2-1-3-6(7)8-10-5-11-12-8/h5-7H,1-4H2,(H,13,14)(H,10,11,12)/t6-,7+/m0/s1. The number of aliphatic carboxylic acids is 1. The minimum Gasteiger partial charge on any atom is -0.481 e. The second-order valence-corrected chi connectivity index (χ2v) is 3.71. The number of hydrogen-bond acceptors (Lipinski definition) is 3. The van der Waals surface area contributed by atoms with Crippen molar-refractivity contribution in [1.29, 1.82) is 0 Å². The van der Waals surface area contributed by atoms with Crippen LogP contribution in [0.2, 0.25) is 0 Å². The van der Waals surface area contributed by atoms with Crippen molar-refractivity contribution in [1.82, 2.24) is 15.2 Å². The van der Waals surface area contributed by atoms with Gasteiger partial charge in [-0.25, -0.2) is 4.98 Å². The number of aromatic nitrogens is 3. The van der Waals surface area contributed by atoms with Gasteiger partial charge in [-0.2, -0.15) is 5.10 Å². The summed E-state index contributed by atoms with van der Waals surface area (Å²) in [6.07, 6.45) is 5.16. The minimum atomic E-state index is -0.717. The maximum Gasteiger partial charge on any atom is 0.307 e. The average molecular weight is 195 g/mol. The van der Waals surface area contributed by atoms with Gasteiger partial charge in [0.05, 0.1) is 5.92 Å². The first-order valence-corrected chi connectivity index (χ1v) is 4.87. The first kappa shape index (κ1) is 9.18. The monoisotopic (exact) mass is 195 g/mol. The lowest BCUT2D eigenvalue weighted by atomic mass is 9.79. The van der Waals surface area contributed by atoms with Crippen LogP contribution in [-0.4, -0.2) is 26.3 Å². The van der Waals surface area contributed by atoms with Crippen LogP contribution in [0, 0.1) is 5.92 Å². The fraction of sp³-hybridized carbons (Fsp3) is 0.667. The molecule has 0 saturated heterocycles. The van der Waals surface area contributed by atoms with Crippen LogP contribution in [0.1, 0.15) is 37.4 Å². The van der Waals surface area contributed by atoms with E-state index in [1.54, 1.807) is 0 Å². The molecule has 0 aliphatic heterocycles. The number of hydrogen-bond donors (Lipinski definition) is 2. The Kier molecular flexibility index (Phi) is 2.47. The molecule has 1 aromatic rings. The fourth-order valence-corrected chi connectivity index (χ4v) is 2.15. The second kappa shape index (κ2) is 3.77. The molecule has 0 aromatic carbocycles. The maximum absolute atomic E-state index is 11.0. The molecule has 0 unspecified atom stereocenters. The zero-order chi connectivity index (χ0) is 9.97. The number of carboxylic acid groups (broad SMARTS) is 1. The number of nitrogens with zero attached hydrogens (tertiary/aromatic N) is 2. The molecule has 1 heterocycles. The number of carbonyl (C=O) groups is 1. The van der Waals surface area contributed by atoms with E-state index >= 15 is 0 Å². The third kappa shape index (κ3) is 1.62. The fourth-order valence-electron chi connectivity index (χ4n) is 2.15. The third-order valence-corrected chi connectivity index (χ3v) is 2.87. The summed E-state index contributed by atoms with van der Waals surface area (Å²) in [6, 6.07) is 0. The molecule has 0 amide bonds. The van der Waals surface area contributed by atoms with Crippen LogP contribution >= 0.6 is 0 Å². The van der Waals surface area contributed by atoms with Crippen molar-refractivity contribution >= 4 is 5.97 Å². The molecule has 1 fully saturated rings. The van der Waals surface area contributed by atoms with E-state index in [0.29, 0.717) is 0 Å². The third-order valence-electron chi connectivity index (χ3n) is 2.87. The van der Waals surface area contributed by atoms with Crippen molar-refractivity contribution in [3.8, 4) is 0 Å². The maximum atomic E-state index is 11.0. The molecule has 5 nitrogen and oxygen atoms in total. The highest BCUT2D eigenvalue weighted by Gasteiger charge is 2.33. The Labute approximate surface area is 81.6 Å².